The van der Waals surface area contributed by atoms with Crippen LogP contribution in [0, 0.1) is 0 Å². The van der Waals surface area contributed by atoms with Gasteiger partial charge in [-0.1, -0.05) is 12.1 Å². The van der Waals surface area contributed by atoms with Crippen LogP contribution in [0.4, 0.5) is 0 Å². The van der Waals surface area contributed by atoms with Crippen LogP contribution in [0.15, 0.2) is 23.1 Å². The summed E-state index contributed by atoms with van der Waals surface area (Å²) in [5.74, 6) is 1.04. The predicted molar refractivity (Wildman–Crippen MR) is 80.5 cm³/mol. The van der Waals surface area contributed by atoms with Crippen molar-refractivity contribution in [1.82, 2.24) is 4.90 Å². The second-order valence-electron chi connectivity index (χ2n) is 5.55. The first-order valence-electron chi connectivity index (χ1n) is 7.28. The molecule has 1 fully saturated rings. The number of amides is 1. The van der Waals surface area contributed by atoms with Gasteiger partial charge in [-0.15, -0.1) is 11.8 Å². The van der Waals surface area contributed by atoms with Gasteiger partial charge in [0.1, 0.15) is 0 Å². The molecule has 2 aliphatic heterocycles. The van der Waals surface area contributed by atoms with Gasteiger partial charge in [0.25, 0.3) is 5.91 Å². The van der Waals surface area contributed by atoms with Gasteiger partial charge in [-0.2, -0.15) is 0 Å². The molecule has 1 aromatic rings. The van der Waals surface area contributed by atoms with Gasteiger partial charge < -0.3 is 4.90 Å². The van der Waals surface area contributed by atoms with E-state index in [-0.39, 0.29) is 11.7 Å². The van der Waals surface area contributed by atoms with Crippen molar-refractivity contribution in [2.75, 3.05) is 12.3 Å². The first kappa shape index (κ1) is 13.7. The summed E-state index contributed by atoms with van der Waals surface area (Å²) in [6.45, 7) is 2.95. The minimum atomic E-state index is 0.0938. The van der Waals surface area contributed by atoms with E-state index in [2.05, 4.69) is 6.92 Å². The van der Waals surface area contributed by atoms with E-state index in [1.807, 2.05) is 23.1 Å². The molecule has 0 spiro atoms. The van der Waals surface area contributed by atoms with E-state index >= 15 is 0 Å². The zero-order chi connectivity index (χ0) is 14.1. The maximum Gasteiger partial charge on any atom is 0.255 e. The van der Waals surface area contributed by atoms with Gasteiger partial charge >= 0.3 is 0 Å². The van der Waals surface area contributed by atoms with Crippen molar-refractivity contribution in [2.24, 2.45) is 0 Å². The number of hydrogen-bond acceptors (Lipinski definition) is 3. The lowest BCUT2D eigenvalue weighted by atomic mass is 10.00. The molecule has 0 aliphatic carbocycles. The molecule has 1 aromatic carbocycles. The van der Waals surface area contributed by atoms with Crippen LogP contribution in [0.1, 0.15) is 53.3 Å². The average molecular weight is 289 g/mol. The lowest BCUT2D eigenvalue weighted by molar-refractivity contribution is 0.0632. The number of rotatable bonds is 1. The summed E-state index contributed by atoms with van der Waals surface area (Å²) in [6, 6.07) is 5.86. The third-order valence-corrected chi connectivity index (χ3v) is 5.32. The number of benzene rings is 1. The standard InChI is InChI=1S/C16H19NO2S/c1-11-5-2-3-9-17(11)16(19)13-7-4-6-12-14(18)8-10-20-15(12)13/h4,6-7,11H,2-3,5,8-10H2,1H3. The molecule has 106 valence electrons. The van der Waals surface area contributed by atoms with Crippen LogP contribution in [-0.4, -0.2) is 34.9 Å². The molecule has 0 aromatic heterocycles. The normalized spacial score (nSPS) is 22.6. The molecular weight excluding hydrogens is 270 g/mol. The molecule has 1 amide bonds. The highest BCUT2D eigenvalue weighted by molar-refractivity contribution is 7.99. The monoisotopic (exact) mass is 289 g/mol. The lowest BCUT2D eigenvalue weighted by Crippen LogP contribution is -2.42. The topological polar surface area (TPSA) is 37.4 Å². The van der Waals surface area contributed by atoms with E-state index < -0.39 is 0 Å². The maximum atomic E-state index is 12.8. The quantitative estimate of drug-likeness (QED) is 0.795. The summed E-state index contributed by atoms with van der Waals surface area (Å²) in [6.07, 6.45) is 3.94. The van der Waals surface area contributed by atoms with E-state index in [0.29, 0.717) is 18.0 Å². The Balaban J connectivity index is 1.96. The van der Waals surface area contributed by atoms with Gasteiger partial charge in [0.05, 0.1) is 5.56 Å². The third kappa shape index (κ3) is 2.37. The Hall–Kier alpha value is -1.29. The number of piperidine rings is 1. The number of hydrogen-bond donors (Lipinski definition) is 0. The van der Waals surface area contributed by atoms with E-state index in [1.54, 1.807) is 11.8 Å². The molecule has 3 nitrogen and oxygen atoms in total. The molecule has 1 saturated heterocycles. The summed E-state index contributed by atoms with van der Waals surface area (Å²) in [7, 11) is 0. The van der Waals surface area contributed by atoms with Gasteiger partial charge in [0.2, 0.25) is 0 Å². The molecule has 4 heteroatoms. The van der Waals surface area contributed by atoms with E-state index in [9.17, 15) is 9.59 Å². The van der Waals surface area contributed by atoms with Crippen molar-refractivity contribution >= 4 is 23.5 Å². The fraction of sp³-hybridized carbons (Fsp3) is 0.500. The van der Waals surface area contributed by atoms with Gasteiger partial charge in [0, 0.05) is 35.2 Å². The fourth-order valence-electron chi connectivity index (χ4n) is 3.02. The Morgan fingerprint density at radius 3 is 3.00 bits per heavy atom. The van der Waals surface area contributed by atoms with Crippen molar-refractivity contribution in [3.8, 4) is 0 Å². The SMILES string of the molecule is CC1CCCCN1C(=O)c1cccc2c1SCCC2=O. The molecule has 3 rings (SSSR count). The second kappa shape index (κ2) is 5.60. The highest BCUT2D eigenvalue weighted by Gasteiger charge is 2.29. The summed E-state index contributed by atoms with van der Waals surface area (Å²) in [4.78, 5) is 27.6. The van der Waals surface area contributed by atoms with Gasteiger partial charge in [-0.3, -0.25) is 9.59 Å². The molecule has 0 bridgehead atoms. The van der Waals surface area contributed by atoms with Crippen molar-refractivity contribution < 1.29 is 9.59 Å². The minimum Gasteiger partial charge on any atom is -0.336 e. The molecular formula is C16H19NO2S. The van der Waals surface area contributed by atoms with E-state index in [0.717, 1.165) is 35.6 Å². The largest absolute Gasteiger partial charge is 0.336 e. The van der Waals surface area contributed by atoms with Crippen LogP contribution >= 0.6 is 11.8 Å². The molecule has 1 unspecified atom stereocenters. The lowest BCUT2D eigenvalue weighted by Gasteiger charge is -2.34. The van der Waals surface area contributed by atoms with Crippen LogP contribution in [0.2, 0.25) is 0 Å². The van der Waals surface area contributed by atoms with Crippen LogP contribution in [-0.2, 0) is 0 Å². The Kier molecular flexibility index (Phi) is 3.83. The summed E-state index contributed by atoms with van der Waals surface area (Å²) in [5, 5.41) is 0. The van der Waals surface area contributed by atoms with Crippen LogP contribution in [0.5, 0.6) is 0 Å². The number of likely N-dealkylation sites (tertiary alicyclic amines) is 1. The Morgan fingerprint density at radius 2 is 2.20 bits per heavy atom. The summed E-state index contributed by atoms with van der Waals surface area (Å²) in [5.41, 5.74) is 1.45. The van der Waals surface area contributed by atoms with Crippen LogP contribution in [0.3, 0.4) is 0 Å². The summed E-state index contributed by atoms with van der Waals surface area (Å²) >= 11 is 1.64. The Morgan fingerprint density at radius 1 is 1.35 bits per heavy atom. The summed E-state index contributed by atoms with van der Waals surface area (Å²) < 4.78 is 0. The van der Waals surface area contributed by atoms with Crippen molar-refractivity contribution in [2.45, 2.75) is 43.5 Å². The van der Waals surface area contributed by atoms with Gasteiger partial charge in [0.15, 0.2) is 5.78 Å². The van der Waals surface area contributed by atoms with Crippen LogP contribution in [0.25, 0.3) is 0 Å². The van der Waals surface area contributed by atoms with Gasteiger partial charge in [-0.25, -0.2) is 0 Å². The van der Waals surface area contributed by atoms with Crippen molar-refractivity contribution in [3.05, 3.63) is 29.3 Å². The third-order valence-electron chi connectivity index (χ3n) is 4.19. The maximum absolute atomic E-state index is 12.8. The number of fused-ring (bicyclic) bond motifs is 1. The molecule has 2 heterocycles. The smallest absolute Gasteiger partial charge is 0.255 e. The van der Waals surface area contributed by atoms with Crippen molar-refractivity contribution in [1.29, 1.82) is 0 Å². The zero-order valence-corrected chi connectivity index (χ0v) is 12.5. The zero-order valence-electron chi connectivity index (χ0n) is 11.7. The minimum absolute atomic E-state index is 0.0938. The Labute approximate surface area is 123 Å². The first-order chi connectivity index (χ1) is 9.68. The molecule has 20 heavy (non-hydrogen) atoms. The number of carbonyl (C=O) groups excluding carboxylic acids is 2. The first-order valence-corrected chi connectivity index (χ1v) is 8.27. The molecule has 0 saturated carbocycles. The number of nitrogens with zero attached hydrogens (tertiary/aromatic N) is 1. The highest BCUT2D eigenvalue weighted by Crippen LogP contribution is 2.34. The van der Waals surface area contributed by atoms with E-state index in [4.69, 9.17) is 0 Å². The number of ketones is 1. The molecule has 1 atom stereocenters. The second-order valence-corrected chi connectivity index (χ2v) is 6.65. The van der Waals surface area contributed by atoms with Gasteiger partial charge in [-0.05, 0) is 32.3 Å². The number of thioether (sulfide) groups is 1. The number of Topliss-reactive ketones (excluding diaryl/α,β-unsaturated/α-hetero) is 1. The number of carbonyl (C=O) groups is 2. The molecule has 0 radical (unpaired) electrons. The van der Waals surface area contributed by atoms with Crippen LogP contribution < -0.4 is 0 Å². The molecule has 2 aliphatic rings. The van der Waals surface area contributed by atoms with E-state index in [1.165, 1.54) is 6.42 Å². The Bertz CT molecular complexity index is 555. The average Bonchev–Trinajstić information content (AvgIpc) is 2.47. The fourth-order valence-corrected chi connectivity index (χ4v) is 4.16. The molecule has 0 N–H and O–H groups in total. The highest BCUT2D eigenvalue weighted by atomic mass is 32.2. The van der Waals surface area contributed by atoms with Crippen molar-refractivity contribution in [3.63, 3.8) is 0 Å². The predicted octanol–water partition coefficient (Wildman–Crippen LogP) is 3.38.